The van der Waals surface area contributed by atoms with E-state index < -0.39 is 35.1 Å². The Hall–Kier alpha value is -2.09. The largest absolute Gasteiger partial charge is 0.433 e. The lowest BCUT2D eigenvalue weighted by Gasteiger charge is -2.25. The third-order valence-electron chi connectivity index (χ3n) is 5.61. The molecule has 2 atom stereocenters. The highest BCUT2D eigenvalue weighted by Crippen LogP contribution is 2.41. The number of rotatable bonds is 7. The standard InChI is InChI=1S/C20H22F3NO4/c1-28-9-3-2-4-14-13(7-8-15(24-14)20(21,22)23)19(27)16-17(25)11-5-6-12(10-11)18(16)26/h7-8,11-12,16H,2-6,9-10H2,1H3. The fourth-order valence-corrected chi connectivity index (χ4v) is 4.14. The van der Waals surface area contributed by atoms with Crippen LogP contribution in [0.2, 0.25) is 0 Å². The van der Waals surface area contributed by atoms with Crippen molar-refractivity contribution in [3.05, 3.63) is 29.1 Å². The van der Waals surface area contributed by atoms with Crippen molar-refractivity contribution >= 4 is 17.3 Å². The highest BCUT2D eigenvalue weighted by molar-refractivity contribution is 6.26. The number of aromatic nitrogens is 1. The van der Waals surface area contributed by atoms with Gasteiger partial charge in [-0.25, -0.2) is 4.98 Å². The van der Waals surface area contributed by atoms with Crippen LogP contribution in [0.5, 0.6) is 0 Å². The fraction of sp³-hybridized carbons (Fsp3) is 0.600. The van der Waals surface area contributed by atoms with E-state index in [1.54, 1.807) is 0 Å². The van der Waals surface area contributed by atoms with Crippen LogP contribution in [0, 0.1) is 17.8 Å². The first-order chi connectivity index (χ1) is 13.2. The van der Waals surface area contributed by atoms with E-state index >= 15 is 0 Å². The Morgan fingerprint density at radius 2 is 1.79 bits per heavy atom. The quantitative estimate of drug-likeness (QED) is 0.400. The van der Waals surface area contributed by atoms with E-state index in [0.717, 1.165) is 12.1 Å². The molecule has 1 aromatic rings. The van der Waals surface area contributed by atoms with Gasteiger partial charge in [-0.2, -0.15) is 13.2 Å². The SMILES string of the molecule is COCCCCc1nc(C(F)(F)F)ccc1C(=O)C1C(=O)C2CCC(C2)C1=O. The Labute approximate surface area is 160 Å². The first-order valence-electron chi connectivity index (χ1n) is 9.41. The van der Waals surface area contributed by atoms with Crippen LogP contribution in [0.3, 0.4) is 0 Å². The fourth-order valence-electron chi connectivity index (χ4n) is 4.14. The van der Waals surface area contributed by atoms with Crippen LogP contribution in [0.1, 0.15) is 53.8 Å². The van der Waals surface area contributed by atoms with Gasteiger partial charge in [-0.1, -0.05) is 0 Å². The molecule has 8 heteroatoms. The summed E-state index contributed by atoms with van der Waals surface area (Å²) in [6.07, 6.45) is -1.78. The van der Waals surface area contributed by atoms with Gasteiger partial charge in [0.2, 0.25) is 0 Å². The smallest absolute Gasteiger partial charge is 0.385 e. The topological polar surface area (TPSA) is 73.3 Å². The van der Waals surface area contributed by atoms with Crippen LogP contribution in [-0.2, 0) is 26.9 Å². The van der Waals surface area contributed by atoms with Gasteiger partial charge < -0.3 is 4.74 Å². The van der Waals surface area contributed by atoms with Gasteiger partial charge in [-0.05, 0) is 50.7 Å². The number of alkyl halides is 3. The van der Waals surface area contributed by atoms with Crippen molar-refractivity contribution in [2.75, 3.05) is 13.7 Å². The minimum atomic E-state index is -4.64. The number of carbonyl (C=O) groups is 3. The van der Waals surface area contributed by atoms with E-state index in [1.807, 2.05) is 0 Å². The van der Waals surface area contributed by atoms with Crippen molar-refractivity contribution in [1.82, 2.24) is 4.98 Å². The zero-order valence-electron chi connectivity index (χ0n) is 15.6. The number of carbonyl (C=O) groups excluding carboxylic acids is 3. The van der Waals surface area contributed by atoms with Crippen LogP contribution >= 0.6 is 0 Å². The lowest BCUT2D eigenvalue weighted by Crippen LogP contribution is -2.41. The van der Waals surface area contributed by atoms with Gasteiger partial charge in [0.1, 0.15) is 11.6 Å². The van der Waals surface area contributed by atoms with E-state index in [-0.39, 0.29) is 29.5 Å². The molecule has 2 saturated carbocycles. The molecule has 1 aromatic heterocycles. The number of ketones is 3. The molecule has 2 aliphatic rings. The number of pyridine rings is 1. The van der Waals surface area contributed by atoms with Crippen molar-refractivity contribution in [2.24, 2.45) is 17.8 Å². The molecule has 0 aliphatic heterocycles. The molecule has 1 heterocycles. The van der Waals surface area contributed by atoms with E-state index in [2.05, 4.69) is 4.98 Å². The molecule has 2 bridgehead atoms. The number of unbranched alkanes of at least 4 members (excludes halogenated alkanes) is 1. The number of fused-ring (bicyclic) bond motifs is 2. The molecule has 0 N–H and O–H groups in total. The van der Waals surface area contributed by atoms with E-state index in [1.165, 1.54) is 7.11 Å². The van der Waals surface area contributed by atoms with Gasteiger partial charge >= 0.3 is 6.18 Å². The average molecular weight is 397 g/mol. The highest BCUT2D eigenvalue weighted by atomic mass is 19.4. The number of halogens is 3. The summed E-state index contributed by atoms with van der Waals surface area (Å²) >= 11 is 0. The third-order valence-corrected chi connectivity index (χ3v) is 5.61. The van der Waals surface area contributed by atoms with Crippen LogP contribution in [0.15, 0.2) is 12.1 Å². The molecule has 0 radical (unpaired) electrons. The molecule has 2 unspecified atom stereocenters. The molecule has 0 saturated heterocycles. The molecule has 0 aromatic carbocycles. The van der Waals surface area contributed by atoms with Crippen LogP contribution in [0.4, 0.5) is 13.2 Å². The van der Waals surface area contributed by atoms with Gasteiger partial charge in [0, 0.05) is 31.1 Å². The lowest BCUT2D eigenvalue weighted by atomic mass is 9.75. The molecule has 152 valence electrons. The van der Waals surface area contributed by atoms with Crippen molar-refractivity contribution in [3.8, 4) is 0 Å². The molecule has 0 amide bonds. The molecule has 28 heavy (non-hydrogen) atoms. The molecular weight excluding hydrogens is 375 g/mol. The van der Waals surface area contributed by atoms with Crippen molar-refractivity contribution in [3.63, 3.8) is 0 Å². The Morgan fingerprint density at radius 3 is 2.36 bits per heavy atom. The molecule has 0 spiro atoms. The summed E-state index contributed by atoms with van der Waals surface area (Å²) in [5, 5.41) is 0. The molecular formula is C20H22F3NO4. The van der Waals surface area contributed by atoms with Crippen LogP contribution < -0.4 is 0 Å². The van der Waals surface area contributed by atoms with Gasteiger partial charge in [-0.15, -0.1) is 0 Å². The number of nitrogens with zero attached hydrogens (tertiary/aromatic N) is 1. The number of ether oxygens (including phenoxy) is 1. The first kappa shape index (κ1) is 20.6. The number of hydrogen-bond donors (Lipinski definition) is 0. The molecule has 5 nitrogen and oxygen atoms in total. The minimum Gasteiger partial charge on any atom is -0.385 e. The Balaban J connectivity index is 1.91. The summed E-state index contributed by atoms with van der Waals surface area (Å²) in [7, 11) is 1.52. The number of aryl methyl sites for hydroxylation is 1. The summed E-state index contributed by atoms with van der Waals surface area (Å²) in [5.74, 6) is -3.51. The lowest BCUT2D eigenvalue weighted by molar-refractivity contribution is -0.141. The van der Waals surface area contributed by atoms with Gasteiger partial charge in [0.25, 0.3) is 0 Å². The maximum Gasteiger partial charge on any atom is 0.433 e. The predicted octanol–water partition coefficient (Wildman–Crippen LogP) is 3.44. The Kier molecular flexibility index (Phi) is 5.98. The van der Waals surface area contributed by atoms with Crippen molar-refractivity contribution < 1.29 is 32.3 Å². The van der Waals surface area contributed by atoms with E-state index in [4.69, 9.17) is 4.74 Å². The van der Waals surface area contributed by atoms with E-state index in [0.29, 0.717) is 38.7 Å². The first-order valence-corrected chi connectivity index (χ1v) is 9.41. The van der Waals surface area contributed by atoms with Crippen molar-refractivity contribution in [1.29, 1.82) is 0 Å². The maximum absolute atomic E-state index is 13.1. The third kappa shape index (κ3) is 4.01. The zero-order valence-corrected chi connectivity index (χ0v) is 15.6. The second kappa shape index (κ2) is 8.11. The number of methoxy groups -OCH3 is 1. The average Bonchev–Trinajstić information content (AvgIpc) is 3.10. The normalized spacial score (nSPS) is 24.6. The predicted molar refractivity (Wildman–Crippen MR) is 92.7 cm³/mol. The maximum atomic E-state index is 13.1. The minimum absolute atomic E-state index is 0.0190. The summed E-state index contributed by atoms with van der Waals surface area (Å²) in [4.78, 5) is 41.8. The van der Waals surface area contributed by atoms with Gasteiger partial charge in [0.15, 0.2) is 17.3 Å². The summed E-state index contributed by atoms with van der Waals surface area (Å²) < 4.78 is 44.1. The van der Waals surface area contributed by atoms with Crippen LogP contribution in [0.25, 0.3) is 0 Å². The van der Waals surface area contributed by atoms with Crippen molar-refractivity contribution in [2.45, 2.75) is 44.7 Å². The summed E-state index contributed by atoms with van der Waals surface area (Å²) in [5.41, 5.74) is -1.17. The monoisotopic (exact) mass is 397 g/mol. The summed E-state index contributed by atoms with van der Waals surface area (Å²) in [6.45, 7) is 0.436. The molecule has 2 fully saturated rings. The van der Waals surface area contributed by atoms with Crippen LogP contribution in [-0.4, -0.2) is 36.1 Å². The Bertz CT molecular complexity index is 768. The molecule has 3 rings (SSSR count). The molecule has 2 aliphatic carbocycles. The highest BCUT2D eigenvalue weighted by Gasteiger charge is 2.50. The Morgan fingerprint density at radius 1 is 1.14 bits per heavy atom. The zero-order chi connectivity index (χ0) is 20.5. The number of Topliss-reactive ketones (excluding diaryl/α,β-unsaturated/α-hetero) is 3. The summed E-state index contributed by atoms with van der Waals surface area (Å²) in [6, 6.07) is 1.79. The second-order valence-electron chi connectivity index (χ2n) is 7.45. The van der Waals surface area contributed by atoms with Gasteiger partial charge in [-0.3, -0.25) is 14.4 Å². The van der Waals surface area contributed by atoms with E-state index in [9.17, 15) is 27.6 Å². The number of hydrogen-bond acceptors (Lipinski definition) is 5. The van der Waals surface area contributed by atoms with Gasteiger partial charge in [0.05, 0.1) is 5.69 Å². The second-order valence-corrected chi connectivity index (χ2v) is 7.45.